The maximum absolute atomic E-state index is 5.34. The molecule has 0 unspecified atom stereocenters. The zero-order chi connectivity index (χ0) is 14.4. The minimum atomic E-state index is 0.327. The van der Waals surface area contributed by atoms with Crippen molar-refractivity contribution in [2.45, 2.75) is 20.4 Å². The monoisotopic (exact) mass is 357 g/mol. The highest BCUT2D eigenvalue weighted by Crippen LogP contribution is 2.20. The molecule has 108 valence electrons. The fourth-order valence-electron chi connectivity index (χ4n) is 1.48. The van der Waals surface area contributed by atoms with E-state index >= 15 is 0 Å². The minimum Gasteiger partial charge on any atom is -0.464 e. The van der Waals surface area contributed by atoms with E-state index in [9.17, 15) is 0 Å². The van der Waals surface area contributed by atoms with E-state index in [0.29, 0.717) is 31.1 Å². The molecule has 0 spiro atoms. The second-order valence-electron chi connectivity index (χ2n) is 3.81. The number of halogens is 1. The quantitative estimate of drug-likeness (QED) is 0.792. The molecule has 0 aliphatic rings. The third-order valence-electron chi connectivity index (χ3n) is 2.27. The average Bonchev–Trinajstić information content (AvgIpc) is 2.83. The summed E-state index contributed by atoms with van der Waals surface area (Å²) < 4.78 is 6.42. The molecule has 0 saturated carbocycles. The number of anilines is 2. The van der Waals surface area contributed by atoms with Crippen LogP contribution in [0.3, 0.4) is 0 Å². The van der Waals surface area contributed by atoms with Crippen molar-refractivity contribution in [2.75, 3.05) is 23.8 Å². The molecule has 0 atom stereocenters. The summed E-state index contributed by atoms with van der Waals surface area (Å²) in [5, 5.41) is 8.28. The van der Waals surface area contributed by atoms with E-state index in [1.807, 2.05) is 19.2 Å². The van der Waals surface area contributed by atoms with E-state index in [4.69, 9.17) is 4.74 Å². The van der Waals surface area contributed by atoms with Crippen molar-refractivity contribution in [2.24, 2.45) is 0 Å². The highest BCUT2D eigenvalue weighted by Gasteiger charge is 2.07. The Balaban J connectivity index is 2.08. The Morgan fingerprint density at radius 1 is 1.20 bits per heavy atom. The van der Waals surface area contributed by atoms with Crippen LogP contribution in [0.5, 0.6) is 6.01 Å². The first kappa shape index (κ1) is 15.0. The molecule has 0 aliphatic carbocycles. The van der Waals surface area contributed by atoms with E-state index in [-0.39, 0.29) is 0 Å². The van der Waals surface area contributed by atoms with Crippen molar-refractivity contribution >= 4 is 39.2 Å². The van der Waals surface area contributed by atoms with E-state index in [1.54, 1.807) is 11.3 Å². The number of nitrogens with one attached hydrogen (secondary N) is 2. The van der Waals surface area contributed by atoms with Crippen molar-refractivity contribution in [3.05, 3.63) is 20.8 Å². The van der Waals surface area contributed by atoms with Crippen LogP contribution in [-0.4, -0.2) is 28.1 Å². The summed E-state index contributed by atoms with van der Waals surface area (Å²) in [5.41, 5.74) is 0. The van der Waals surface area contributed by atoms with Crippen LogP contribution < -0.4 is 15.4 Å². The van der Waals surface area contributed by atoms with Gasteiger partial charge in [-0.15, -0.1) is 11.3 Å². The molecule has 6 nitrogen and oxygen atoms in total. The first-order chi connectivity index (χ1) is 9.71. The van der Waals surface area contributed by atoms with E-state index < -0.39 is 0 Å². The lowest BCUT2D eigenvalue weighted by atomic mass is 10.5. The molecule has 2 N–H and O–H groups in total. The van der Waals surface area contributed by atoms with Gasteiger partial charge < -0.3 is 15.4 Å². The van der Waals surface area contributed by atoms with Crippen LogP contribution in [0.2, 0.25) is 0 Å². The number of thiophene rings is 1. The fraction of sp³-hybridized carbons (Fsp3) is 0.417. The van der Waals surface area contributed by atoms with Crippen LogP contribution in [0, 0.1) is 0 Å². The van der Waals surface area contributed by atoms with Gasteiger partial charge in [0.15, 0.2) is 0 Å². The topological polar surface area (TPSA) is 72.0 Å². The summed E-state index contributed by atoms with van der Waals surface area (Å²) in [6.45, 7) is 5.81. The van der Waals surface area contributed by atoms with Gasteiger partial charge in [0.1, 0.15) is 0 Å². The summed E-state index contributed by atoms with van der Waals surface area (Å²) in [7, 11) is 0. The Kier molecular flexibility index (Phi) is 5.54. The van der Waals surface area contributed by atoms with Gasteiger partial charge in [-0.3, -0.25) is 0 Å². The Labute approximate surface area is 130 Å². The van der Waals surface area contributed by atoms with Crippen LogP contribution in [-0.2, 0) is 6.54 Å². The lowest BCUT2D eigenvalue weighted by Crippen LogP contribution is -2.10. The molecule has 20 heavy (non-hydrogen) atoms. The number of aromatic nitrogens is 3. The van der Waals surface area contributed by atoms with Gasteiger partial charge in [0.2, 0.25) is 11.9 Å². The summed E-state index contributed by atoms with van der Waals surface area (Å²) in [5.74, 6) is 1.02. The van der Waals surface area contributed by atoms with Crippen LogP contribution in [0.1, 0.15) is 18.7 Å². The van der Waals surface area contributed by atoms with Crippen LogP contribution in [0.25, 0.3) is 0 Å². The van der Waals surface area contributed by atoms with Gasteiger partial charge in [0.05, 0.1) is 13.2 Å². The maximum atomic E-state index is 5.34. The van der Waals surface area contributed by atoms with Gasteiger partial charge in [-0.25, -0.2) is 0 Å². The van der Waals surface area contributed by atoms with Gasteiger partial charge in [-0.05, 0) is 35.8 Å². The van der Waals surface area contributed by atoms with E-state index in [0.717, 1.165) is 11.0 Å². The summed E-state index contributed by atoms with van der Waals surface area (Å²) in [4.78, 5) is 13.9. The molecule has 2 rings (SSSR count). The Morgan fingerprint density at radius 2 is 1.95 bits per heavy atom. The van der Waals surface area contributed by atoms with Gasteiger partial charge >= 0.3 is 6.01 Å². The van der Waals surface area contributed by atoms with Crippen molar-refractivity contribution in [1.29, 1.82) is 0 Å². The highest BCUT2D eigenvalue weighted by molar-refractivity contribution is 9.10. The molecule has 0 aromatic carbocycles. The lowest BCUT2D eigenvalue weighted by Gasteiger charge is -2.08. The zero-order valence-electron chi connectivity index (χ0n) is 11.3. The molecule has 2 heterocycles. The predicted octanol–water partition coefficient (Wildman–Crippen LogP) is 3.14. The largest absolute Gasteiger partial charge is 0.464 e. The van der Waals surface area contributed by atoms with Crippen molar-refractivity contribution < 1.29 is 4.74 Å². The minimum absolute atomic E-state index is 0.327. The van der Waals surface area contributed by atoms with E-state index in [2.05, 4.69) is 47.6 Å². The molecule has 2 aromatic heterocycles. The predicted molar refractivity (Wildman–Crippen MR) is 84.5 cm³/mol. The third-order valence-corrected chi connectivity index (χ3v) is 3.96. The molecule has 0 amide bonds. The van der Waals surface area contributed by atoms with E-state index in [1.165, 1.54) is 4.88 Å². The number of nitrogens with zero attached hydrogens (tertiary/aromatic N) is 3. The summed E-state index contributed by atoms with van der Waals surface area (Å²) in [6, 6.07) is 2.39. The standard InChI is InChI=1S/C12H16BrN5OS/c1-3-14-10-16-11(18-12(17-10)19-4-2)15-6-9-5-8(13)7-20-9/h5,7H,3-4,6H2,1-2H3,(H2,14,15,16,17,18). The Bertz CT molecular complexity index is 538. The molecule has 0 saturated heterocycles. The Morgan fingerprint density at radius 3 is 2.55 bits per heavy atom. The fourth-order valence-corrected chi connectivity index (χ4v) is 2.87. The molecule has 0 radical (unpaired) electrons. The highest BCUT2D eigenvalue weighted by atomic mass is 79.9. The van der Waals surface area contributed by atoms with Crippen LogP contribution >= 0.6 is 27.3 Å². The van der Waals surface area contributed by atoms with Crippen molar-refractivity contribution in [1.82, 2.24) is 15.0 Å². The number of hydrogen-bond donors (Lipinski definition) is 2. The number of ether oxygens (including phenoxy) is 1. The molecule has 0 fully saturated rings. The third kappa shape index (κ3) is 4.31. The summed E-state index contributed by atoms with van der Waals surface area (Å²) >= 11 is 5.10. The molecule has 0 bridgehead atoms. The second-order valence-corrected chi connectivity index (χ2v) is 5.72. The second kappa shape index (κ2) is 7.39. The molecular weight excluding hydrogens is 342 g/mol. The van der Waals surface area contributed by atoms with Gasteiger partial charge in [-0.1, -0.05) is 0 Å². The van der Waals surface area contributed by atoms with Crippen molar-refractivity contribution in [3.63, 3.8) is 0 Å². The summed E-state index contributed by atoms with van der Waals surface area (Å²) in [6.07, 6.45) is 0. The molecule has 8 heteroatoms. The first-order valence-corrected chi connectivity index (χ1v) is 7.98. The SMILES string of the molecule is CCNc1nc(NCc2cc(Br)cs2)nc(OCC)n1. The average molecular weight is 358 g/mol. The number of rotatable bonds is 7. The normalized spacial score (nSPS) is 10.3. The molecule has 0 aliphatic heterocycles. The maximum Gasteiger partial charge on any atom is 0.323 e. The number of hydrogen-bond acceptors (Lipinski definition) is 7. The first-order valence-electron chi connectivity index (χ1n) is 6.30. The van der Waals surface area contributed by atoms with Gasteiger partial charge in [-0.2, -0.15) is 15.0 Å². The van der Waals surface area contributed by atoms with Crippen LogP contribution in [0.4, 0.5) is 11.9 Å². The van der Waals surface area contributed by atoms with Gasteiger partial charge in [0.25, 0.3) is 0 Å². The molecular formula is C12H16BrN5OS. The molecule has 2 aromatic rings. The van der Waals surface area contributed by atoms with Crippen LogP contribution in [0.15, 0.2) is 15.9 Å². The smallest absolute Gasteiger partial charge is 0.323 e. The lowest BCUT2D eigenvalue weighted by molar-refractivity contribution is 0.312. The van der Waals surface area contributed by atoms with Gasteiger partial charge in [0, 0.05) is 21.3 Å². The Hall–Kier alpha value is -1.41. The zero-order valence-corrected chi connectivity index (χ0v) is 13.7. The van der Waals surface area contributed by atoms with Crippen molar-refractivity contribution in [3.8, 4) is 6.01 Å².